The molecule has 0 radical (unpaired) electrons. The number of nitrogens with zero attached hydrogens (tertiary/aromatic N) is 14. The van der Waals surface area contributed by atoms with Crippen LogP contribution in [0.1, 0.15) is 11.1 Å². The number of rotatable bonds is 12. The van der Waals surface area contributed by atoms with Crippen molar-refractivity contribution in [3.63, 3.8) is 0 Å². The fourth-order valence-electron chi connectivity index (χ4n) is 4.06. The van der Waals surface area contributed by atoms with Crippen LogP contribution in [0.15, 0.2) is 165 Å². The number of nitro groups is 2. The van der Waals surface area contributed by atoms with Crippen LogP contribution in [0, 0.1) is 20.2 Å². The Bertz CT molecular complexity index is 2150. The maximum atomic E-state index is 10.7. The van der Waals surface area contributed by atoms with Gasteiger partial charge in [-0.15, -0.1) is 20.5 Å². The van der Waals surface area contributed by atoms with Crippen molar-refractivity contribution in [3.8, 4) is 11.5 Å². The van der Waals surface area contributed by atoms with Gasteiger partial charge in [0, 0.05) is 60.4 Å². The molecule has 2 aromatic carbocycles. The van der Waals surface area contributed by atoms with Crippen molar-refractivity contribution in [1.82, 2.24) is 19.9 Å². The van der Waals surface area contributed by atoms with Crippen molar-refractivity contribution in [2.24, 2.45) is 30.7 Å². The molecule has 0 atom stereocenters. The minimum atomic E-state index is -0.538. The van der Waals surface area contributed by atoms with Crippen LogP contribution < -0.4 is 9.47 Å². The molecule has 57 heavy (non-hydrogen) atoms. The molecule has 0 saturated carbocycles. The van der Waals surface area contributed by atoms with Crippen LogP contribution in [0.5, 0.6) is 11.5 Å². The summed E-state index contributed by atoms with van der Waals surface area (Å²) in [6.07, 6.45) is 8.61. The SMILES string of the molecule is COc1ccc(N=N/C(=N\[N-]c2ccc([N+](=O)[O-])cn2)c2cccnc2)cc1.COc1ccc(N=N/C(=N\[N-]c2ccc([N+](=O)[O-])cn2)c2cccnc2)cc1.[Ni+2]. The molecule has 0 N–H and O–H groups in total. The molecule has 0 amide bonds. The molecule has 0 aliphatic rings. The molecule has 288 valence electrons. The first-order valence-corrected chi connectivity index (χ1v) is 16.0. The molecule has 0 unspecified atom stereocenters. The molecule has 0 fully saturated rings. The zero-order valence-electron chi connectivity index (χ0n) is 29.7. The van der Waals surface area contributed by atoms with E-state index in [9.17, 15) is 20.2 Å². The van der Waals surface area contributed by atoms with Gasteiger partial charge in [-0.1, -0.05) is 12.1 Å². The van der Waals surface area contributed by atoms with E-state index in [1.807, 2.05) is 0 Å². The predicted octanol–water partition coefficient (Wildman–Crippen LogP) is 9.09. The zero-order chi connectivity index (χ0) is 39.5. The zero-order valence-corrected chi connectivity index (χ0v) is 30.7. The Hall–Kier alpha value is -7.93. The van der Waals surface area contributed by atoms with Gasteiger partial charge in [-0.05, 0) is 84.4 Å². The van der Waals surface area contributed by atoms with E-state index in [4.69, 9.17) is 9.47 Å². The van der Waals surface area contributed by atoms with Crippen molar-refractivity contribution in [2.45, 2.75) is 0 Å². The molecule has 0 bridgehead atoms. The van der Waals surface area contributed by atoms with E-state index in [2.05, 4.69) is 61.4 Å². The maximum Gasteiger partial charge on any atom is 2.00 e. The summed E-state index contributed by atoms with van der Waals surface area (Å²) in [5, 5.41) is 46.1. The number of hydrogen-bond acceptors (Lipinski definition) is 14. The number of amidine groups is 2. The minimum Gasteiger partial charge on any atom is -0.497 e. The molecule has 4 heterocycles. The number of pyridine rings is 4. The summed E-state index contributed by atoms with van der Waals surface area (Å²) in [5.41, 5.74) is 10.1. The molecule has 4 aromatic heterocycles. The Kier molecular flexibility index (Phi) is 15.9. The van der Waals surface area contributed by atoms with Gasteiger partial charge >= 0.3 is 16.5 Å². The van der Waals surface area contributed by atoms with Gasteiger partial charge < -0.3 is 30.3 Å². The summed E-state index contributed by atoms with van der Waals surface area (Å²) in [5.74, 6) is 2.24. The second-order valence-corrected chi connectivity index (χ2v) is 10.6. The van der Waals surface area contributed by atoms with Gasteiger partial charge in [-0.2, -0.15) is 0 Å². The van der Waals surface area contributed by atoms with Gasteiger partial charge in [-0.3, -0.25) is 30.2 Å². The largest absolute Gasteiger partial charge is 2.00 e. The standard InChI is InChI=1S/2C18H14N7O3.Ni/c2*1-28-16-7-4-14(5-8-16)21-23-18(13-3-2-10-19-11-13)24-22-17-9-6-15(12-20-17)25(26)27;/h2*2-12H,1H3;/q2*-1;+2/b2*23-21?,24-18-;. The Morgan fingerprint density at radius 1 is 0.579 bits per heavy atom. The van der Waals surface area contributed by atoms with Crippen molar-refractivity contribution in [1.29, 1.82) is 0 Å². The second-order valence-electron chi connectivity index (χ2n) is 10.6. The van der Waals surface area contributed by atoms with Crippen molar-refractivity contribution in [3.05, 3.63) is 176 Å². The van der Waals surface area contributed by atoms with Gasteiger partial charge in [0.25, 0.3) is 11.4 Å². The van der Waals surface area contributed by atoms with Crippen molar-refractivity contribution in [2.75, 3.05) is 14.2 Å². The van der Waals surface area contributed by atoms with Crippen molar-refractivity contribution < 1.29 is 35.8 Å². The summed E-state index contributed by atoms with van der Waals surface area (Å²) < 4.78 is 10.2. The normalized spacial score (nSPS) is 11.2. The molecular formula is C36H28N14NiO6. The van der Waals surface area contributed by atoms with E-state index in [1.165, 1.54) is 24.3 Å². The summed E-state index contributed by atoms with van der Waals surface area (Å²) >= 11 is 0. The van der Waals surface area contributed by atoms with Gasteiger partial charge in [0.15, 0.2) is 11.7 Å². The van der Waals surface area contributed by atoms with Gasteiger partial charge in [0.1, 0.15) is 11.5 Å². The van der Waals surface area contributed by atoms with Crippen LogP contribution in [0.3, 0.4) is 0 Å². The number of benzene rings is 2. The number of azo groups is 2. The van der Waals surface area contributed by atoms with E-state index >= 15 is 0 Å². The third-order valence-electron chi connectivity index (χ3n) is 6.89. The molecule has 21 heteroatoms. The Morgan fingerprint density at radius 3 is 1.28 bits per heavy atom. The van der Waals surface area contributed by atoms with Crippen LogP contribution in [0.25, 0.3) is 10.9 Å². The second kappa shape index (κ2) is 21.7. The first kappa shape index (κ1) is 41.8. The average Bonchev–Trinajstić information content (AvgIpc) is 3.25. The smallest absolute Gasteiger partial charge is 0.497 e. The van der Waals surface area contributed by atoms with Crippen molar-refractivity contribution >= 4 is 46.1 Å². The fraction of sp³-hybridized carbons (Fsp3) is 0.0556. The number of aromatic nitrogens is 4. The summed E-state index contributed by atoms with van der Waals surface area (Å²) in [7, 11) is 3.16. The van der Waals surface area contributed by atoms with E-state index in [1.54, 1.807) is 112 Å². The number of ether oxygens (including phenoxy) is 2. The Morgan fingerprint density at radius 2 is 0.982 bits per heavy atom. The fourth-order valence-corrected chi connectivity index (χ4v) is 4.06. The Balaban J connectivity index is 0.000000248. The molecule has 0 spiro atoms. The monoisotopic (exact) mass is 810 g/mol. The molecule has 20 nitrogen and oxygen atoms in total. The quantitative estimate of drug-likeness (QED) is 0.0282. The number of hydrogen-bond donors (Lipinski definition) is 0. The average molecular weight is 811 g/mol. The maximum absolute atomic E-state index is 10.7. The molecule has 6 rings (SSSR count). The van der Waals surface area contributed by atoms with Gasteiger partial charge in [0.05, 0.1) is 35.4 Å². The van der Waals surface area contributed by atoms with Crippen LogP contribution >= 0.6 is 0 Å². The van der Waals surface area contributed by atoms with Crippen LogP contribution in [-0.2, 0) is 16.5 Å². The Labute approximate surface area is 333 Å². The first-order chi connectivity index (χ1) is 27.3. The van der Waals surface area contributed by atoms with E-state index in [-0.39, 0.29) is 51.2 Å². The third-order valence-corrected chi connectivity index (χ3v) is 6.89. The molecule has 0 saturated heterocycles. The molecule has 0 aliphatic carbocycles. The molecular weight excluding hydrogens is 783 g/mol. The number of methoxy groups -OCH3 is 2. The summed E-state index contributed by atoms with van der Waals surface area (Å²) in [4.78, 5) is 36.1. The van der Waals surface area contributed by atoms with Crippen LogP contribution in [0.2, 0.25) is 0 Å². The predicted molar refractivity (Wildman–Crippen MR) is 204 cm³/mol. The topological polar surface area (TPSA) is 259 Å². The molecule has 0 aliphatic heterocycles. The minimum absolute atomic E-state index is 0. The van der Waals surface area contributed by atoms with E-state index < -0.39 is 9.85 Å². The van der Waals surface area contributed by atoms with Crippen LogP contribution in [-0.4, -0.2) is 55.7 Å². The third kappa shape index (κ3) is 13.2. The molecule has 6 aromatic rings. The van der Waals surface area contributed by atoms with Crippen LogP contribution in [0.4, 0.5) is 34.4 Å². The summed E-state index contributed by atoms with van der Waals surface area (Å²) in [6, 6.07) is 26.4. The summed E-state index contributed by atoms with van der Waals surface area (Å²) in [6.45, 7) is 0. The first-order valence-electron chi connectivity index (χ1n) is 16.0. The van der Waals surface area contributed by atoms with E-state index in [0.29, 0.717) is 34.0 Å². The van der Waals surface area contributed by atoms with Gasteiger partial charge in [0.2, 0.25) is 0 Å². The van der Waals surface area contributed by atoms with E-state index in [0.717, 1.165) is 12.4 Å². The van der Waals surface area contributed by atoms with Gasteiger partial charge in [-0.25, -0.2) is 10.2 Å².